The summed E-state index contributed by atoms with van der Waals surface area (Å²) in [4.78, 5) is 29.4. The molecule has 5 rings (SSSR count). The number of rotatable bonds is 5. The molecule has 36 heavy (non-hydrogen) atoms. The van der Waals surface area contributed by atoms with Gasteiger partial charge in [0.15, 0.2) is 0 Å². The molecule has 4 heterocycles. The molecule has 0 aliphatic carbocycles. The quantitative estimate of drug-likeness (QED) is 0.525. The molecule has 1 spiro atoms. The van der Waals surface area contributed by atoms with Crippen molar-refractivity contribution in [3.05, 3.63) is 46.2 Å². The van der Waals surface area contributed by atoms with Gasteiger partial charge >= 0.3 is 0 Å². The summed E-state index contributed by atoms with van der Waals surface area (Å²) in [5.74, 6) is 0.820. The minimum Gasteiger partial charge on any atom is -0.376 e. The summed E-state index contributed by atoms with van der Waals surface area (Å²) in [6.45, 7) is 7.22. The number of anilines is 1. The molecule has 11 heteroatoms. The summed E-state index contributed by atoms with van der Waals surface area (Å²) in [5.41, 5.74) is 5.02. The second-order valence-corrected chi connectivity index (χ2v) is 11.8. The van der Waals surface area contributed by atoms with Crippen molar-refractivity contribution >= 4 is 40.1 Å². The maximum absolute atomic E-state index is 14.1. The van der Waals surface area contributed by atoms with Crippen molar-refractivity contribution < 1.29 is 9.13 Å². The SMILES string of the molecule is C[C@@H]1OCC2(CCN(c3cnc(Sc4ccc5ncn(CC(C)(C)F)c(=O)c5c4Cl)cn3)CC2)[C@@H]1N. The summed E-state index contributed by atoms with van der Waals surface area (Å²) in [6.07, 6.45) is 6.87. The van der Waals surface area contributed by atoms with Gasteiger partial charge in [-0.05, 0) is 45.7 Å². The number of alkyl halides is 1. The molecule has 0 amide bonds. The second-order valence-electron chi connectivity index (χ2n) is 10.4. The minimum absolute atomic E-state index is 0.0549. The third kappa shape index (κ3) is 4.83. The van der Waals surface area contributed by atoms with Crippen molar-refractivity contribution in [2.24, 2.45) is 11.1 Å². The van der Waals surface area contributed by atoms with Crippen molar-refractivity contribution in [2.45, 2.75) is 67.9 Å². The van der Waals surface area contributed by atoms with Crippen molar-refractivity contribution in [3.63, 3.8) is 0 Å². The van der Waals surface area contributed by atoms with Gasteiger partial charge in [0.05, 0.1) is 53.9 Å². The predicted octanol–water partition coefficient (Wildman–Crippen LogP) is 4.07. The Labute approximate surface area is 218 Å². The fourth-order valence-electron chi connectivity index (χ4n) is 5.07. The molecule has 2 N–H and O–H groups in total. The van der Waals surface area contributed by atoms with Gasteiger partial charge in [0.2, 0.25) is 0 Å². The molecular formula is C25H30ClFN6O2S. The van der Waals surface area contributed by atoms with Gasteiger partial charge in [-0.2, -0.15) is 0 Å². The van der Waals surface area contributed by atoms with Crippen LogP contribution in [0.4, 0.5) is 10.2 Å². The van der Waals surface area contributed by atoms with E-state index >= 15 is 0 Å². The maximum atomic E-state index is 14.1. The highest BCUT2D eigenvalue weighted by atomic mass is 35.5. The van der Waals surface area contributed by atoms with Crippen LogP contribution in [0.25, 0.3) is 10.9 Å². The number of nitrogens with two attached hydrogens (primary N) is 1. The van der Waals surface area contributed by atoms with Gasteiger partial charge < -0.3 is 15.4 Å². The molecule has 2 aliphatic heterocycles. The van der Waals surface area contributed by atoms with Crippen LogP contribution in [-0.4, -0.2) is 57.0 Å². The van der Waals surface area contributed by atoms with Crippen LogP contribution < -0.4 is 16.2 Å². The van der Waals surface area contributed by atoms with Gasteiger partial charge in [-0.1, -0.05) is 23.4 Å². The van der Waals surface area contributed by atoms with E-state index in [1.54, 1.807) is 24.5 Å². The number of nitrogens with zero attached hydrogens (tertiary/aromatic N) is 5. The topological polar surface area (TPSA) is 99.2 Å². The van der Waals surface area contributed by atoms with E-state index in [1.807, 2.05) is 6.92 Å². The van der Waals surface area contributed by atoms with E-state index in [-0.39, 0.29) is 40.1 Å². The van der Waals surface area contributed by atoms with Crippen molar-refractivity contribution in [3.8, 4) is 0 Å². The Morgan fingerprint density at radius 2 is 2.00 bits per heavy atom. The highest BCUT2D eigenvalue weighted by molar-refractivity contribution is 7.99. The van der Waals surface area contributed by atoms with Crippen LogP contribution in [0.3, 0.4) is 0 Å². The lowest BCUT2D eigenvalue weighted by molar-refractivity contribution is 0.0974. The van der Waals surface area contributed by atoms with E-state index in [9.17, 15) is 9.18 Å². The fourth-order valence-corrected chi connectivity index (χ4v) is 6.19. The zero-order valence-corrected chi connectivity index (χ0v) is 22.2. The smallest absolute Gasteiger partial charge is 0.262 e. The van der Waals surface area contributed by atoms with E-state index in [2.05, 4.69) is 19.9 Å². The number of benzene rings is 1. The molecule has 192 valence electrons. The summed E-state index contributed by atoms with van der Waals surface area (Å²) in [7, 11) is 0. The highest BCUT2D eigenvalue weighted by Crippen LogP contribution is 2.42. The molecule has 0 bridgehead atoms. The largest absolute Gasteiger partial charge is 0.376 e. The number of aromatic nitrogens is 4. The Morgan fingerprint density at radius 1 is 1.25 bits per heavy atom. The van der Waals surface area contributed by atoms with E-state index < -0.39 is 5.67 Å². The molecular weight excluding hydrogens is 503 g/mol. The zero-order chi connectivity index (χ0) is 25.7. The monoisotopic (exact) mass is 532 g/mol. The van der Waals surface area contributed by atoms with Crippen LogP contribution in [0.5, 0.6) is 0 Å². The van der Waals surface area contributed by atoms with Gasteiger partial charge in [-0.15, -0.1) is 0 Å². The standard InChI is InChI=1S/C25H30ClFN6O2S/c1-15-22(28)25(13-35-15)6-8-32(9-7-25)18-10-30-19(11-29-18)36-17-5-4-16-20(21(17)26)23(34)33(14-31-16)12-24(2,3)27/h4-5,10-11,14-15,22H,6-9,12-13,28H2,1-3H3/t15-,22+/m0/s1. The van der Waals surface area contributed by atoms with Crippen LogP contribution in [0.2, 0.25) is 5.02 Å². The molecule has 8 nitrogen and oxygen atoms in total. The normalized spacial score (nSPS) is 22.0. The summed E-state index contributed by atoms with van der Waals surface area (Å²) in [6, 6.07) is 3.61. The van der Waals surface area contributed by atoms with Gasteiger partial charge in [-0.25, -0.2) is 19.3 Å². The fraction of sp³-hybridized carbons (Fsp3) is 0.520. The predicted molar refractivity (Wildman–Crippen MR) is 140 cm³/mol. The van der Waals surface area contributed by atoms with Crippen molar-refractivity contribution in [2.75, 3.05) is 24.6 Å². The number of piperidine rings is 1. The average Bonchev–Trinajstić information content (AvgIpc) is 3.11. The maximum Gasteiger partial charge on any atom is 0.262 e. The van der Waals surface area contributed by atoms with Gasteiger partial charge in [0.1, 0.15) is 16.5 Å². The Kier molecular flexibility index (Phi) is 6.74. The van der Waals surface area contributed by atoms with Crippen LogP contribution in [0.1, 0.15) is 33.6 Å². The third-order valence-corrected chi connectivity index (χ3v) is 8.69. The van der Waals surface area contributed by atoms with Gasteiger partial charge in [0, 0.05) is 29.4 Å². The first-order chi connectivity index (χ1) is 17.1. The highest BCUT2D eigenvalue weighted by Gasteiger charge is 2.47. The second kappa shape index (κ2) is 9.55. The van der Waals surface area contributed by atoms with E-state index in [1.165, 1.54) is 36.5 Å². The average molecular weight is 533 g/mol. The van der Waals surface area contributed by atoms with Crippen molar-refractivity contribution in [1.82, 2.24) is 19.5 Å². The number of fused-ring (bicyclic) bond motifs is 1. The molecule has 0 saturated carbocycles. The third-order valence-electron chi connectivity index (χ3n) is 7.20. The molecule has 2 aromatic heterocycles. The number of halogens is 2. The Balaban J connectivity index is 1.31. The van der Waals surface area contributed by atoms with Crippen LogP contribution in [0, 0.1) is 5.41 Å². The number of hydrogen-bond donors (Lipinski definition) is 1. The molecule has 2 saturated heterocycles. The Hall–Kier alpha value is -2.27. The summed E-state index contributed by atoms with van der Waals surface area (Å²) >= 11 is 7.95. The molecule has 0 unspecified atom stereocenters. The lowest BCUT2D eigenvalue weighted by Gasteiger charge is -2.41. The minimum atomic E-state index is -1.56. The first-order valence-electron chi connectivity index (χ1n) is 12.0. The first-order valence-corrected chi connectivity index (χ1v) is 13.2. The molecule has 0 radical (unpaired) electrons. The van der Waals surface area contributed by atoms with E-state index in [0.29, 0.717) is 15.4 Å². The lowest BCUT2D eigenvalue weighted by Crippen LogP contribution is -2.50. The summed E-state index contributed by atoms with van der Waals surface area (Å²) < 4.78 is 21.2. The van der Waals surface area contributed by atoms with E-state index in [0.717, 1.165) is 38.4 Å². The molecule has 2 fully saturated rings. The van der Waals surface area contributed by atoms with Crippen molar-refractivity contribution in [1.29, 1.82) is 0 Å². The molecule has 1 aromatic carbocycles. The van der Waals surface area contributed by atoms with Gasteiger partial charge in [0.25, 0.3) is 5.56 Å². The molecule has 3 aromatic rings. The number of hydrogen-bond acceptors (Lipinski definition) is 8. The zero-order valence-electron chi connectivity index (χ0n) is 20.6. The summed E-state index contributed by atoms with van der Waals surface area (Å²) in [5, 5.41) is 1.20. The number of ether oxygens (including phenoxy) is 1. The lowest BCUT2D eigenvalue weighted by atomic mass is 9.73. The molecule has 2 atom stereocenters. The Bertz CT molecular complexity index is 1320. The van der Waals surface area contributed by atoms with Crippen LogP contribution >= 0.6 is 23.4 Å². The van der Waals surface area contributed by atoms with Crippen LogP contribution in [0.15, 0.2) is 45.6 Å². The first kappa shape index (κ1) is 25.4. The van der Waals surface area contributed by atoms with Gasteiger partial charge in [-0.3, -0.25) is 9.36 Å². The van der Waals surface area contributed by atoms with E-state index in [4.69, 9.17) is 22.1 Å². The molecule has 2 aliphatic rings. The van der Waals surface area contributed by atoms with Crippen LogP contribution in [-0.2, 0) is 11.3 Å². The Morgan fingerprint density at radius 3 is 2.61 bits per heavy atom.